The Bertz CT molecular complexity index is 767. The molecule has 0 fully saturated rings. The Morgan fingerprint density at radius 2 is 1.71 bits per heavy atom. The van der Waals surface area contributed by atoms with Crippen molar-refractivity contribution in [3.05, 3.63) is 59.7 Å². The number of anilines is 1. The lowest BCUT2D eigenvalue weighted by Crippen LogP contribution is -2.26. The predicted octanol–water partition coefficient (Wildman–Crippen LogP) is 3.59. The van der Waals surface area contributed by atoms with Crippen LogP contribution in [0, 0.1) is 5.92 Å². The van der Waals surface area contributed by atoms with Gasteiger partial charge in [0, 0.05) is 7.05 Å². The average molecular weight is 347 g/mol. The quantitative estimate of drug-likeness (QED) is 0.833. The minimum atomic E-state index is -3.61. The number of aliphatic hydroxyl groups is 1. The Kier molecular flexibility index (Phi) is 6.02. The molecule has 2 aromatic carbocycles. The molecule has 2 aromatic rings. The number of aliphatic hydroxyl groups excluding tert-OH is 1. The number of aryl methyl sites for hydroxylation is 1. The molecule has 0 saturated carbocycles. The number of benzene rings is 2. The third-order valence-electron chi connectivity index (χ3n) is 4.05. The van der Waals surface area contributed by atoms with E-state index < -0.39 is 10.0 Å². The van der Waals surface area contributed by atoms with Gasteiger partial charge in [-0.15, -0.1) is 0 Å². The van der Waals surface area contributed by atoms with Gasteiger partial charge in [0.05, 0.1) is 17.2 Å². The summed E-state index contributed by atoms with van der Waals surface area (Å²) in [5.74, 6) is 0.623. The molecule has 0 heterocycles. The number of hydrogen-bond donors (Lipinski definition) is 1. The molecule has 0 bridgehead atoms. The minimum absolute atomic E-state index is 0.119. The molecule has 24 heavy (non-hydrogen) atoms. The number of hydrogen-bond acceptors (Lipinski definition) is 3. The molecule has 4 nitrogen and oxygen atoms in total. The first-order valence-electron chi connectivity index (χ1n) is 8.12. The zero-order valence-electron chi connectivity index (χ0n) is 14.4. The van der Waals surface area contributed by atoms with E-state index in [1.807, 2.05) is 12.1 Å². The van der Waals surface area contributed by atoms with Gasteiger partial charge in [-0.2, -0.15) is 0 Å². The summed E-state index contributed by atoms with van der Waals surface area (Å²) in [5.41, 5.74) is 2.36. The fraction of sp³-hybridized carbons (Fsp3) is 0.368. The Hall–Kier alpha value is -1.85. The molecule has 5 heteroatoms. The van der Waals surface area contributed by atoms with E-state index >= 15 is 0 Å². The first-order chi connectivity index (χ1) is 11.3. The van der Waals surface area contributed by atoms with Gasteiger partial charge in [-0.3, -0.25) is 4.31 Å². The van der Waals surface area contributed by atoms with Crippen molar-refractivity contribution in [1.82, 2.24) is 0 Å². The standard InChI is InChI=1S/C19H25NO3S/c1-15(2)7-8-16-9-11-19(12-10-16)24(22,23)20(3)18-6-4-5-17(13-18)14-21/h4-6,9-13,15,21H,7-8,14H2,1-3H3. The molecule has 0 spiro atoms. The van der Waals surface area contributed by atoms with Gasteiger partial charge in [-0.1, -0.05) is 38.1 Å². The predicted molar refractivity (Wildman–Crippen MR) is 97.6 cm³/mol. The summed E-state index contributed by atoms with van der Waals surface area (Å²) in [6, 6.07) is 14.0. The summed E-state index contributed by atoms with van der Waals surface area (Å²) < 4.78 is 26.8. The summed E-state index contributed by atoms with van der Waals surface area (Å²) in [6.07, 6.45) is 2.03. The van der Waals surface area contributed by atoms with Gasteiger partial charge in [-0.25, -0.2) is 8.42 Å². The highest BCUT2D eigenvalue weighted by Gasteiger charge is 2.21. The van der Waals surface area contributed by atoms with Crippen molar-refractivity contribution in [2.45, 2.75) is 38.2 Å². The largest absolute Gasteiger partial charge is 0.392 e. The molecule has 130 valence electrons. The maximum absolute atomic E-state index is 12.8. The van der Waals surface area contributed by atoms with Crippen LogP contribution in [0.1, 0.15) is 31.4 Å². The highest BCUT2D eigenvalue weighted by molar-refractivity contribution is 7.92. The second-order valence-electron chi connectivity index (χ2n) is 6.38. The van der Waals surface area contributed by atoms with Gasteiger partial charge < -0.3 is 5.11 Å². The van der Waals surface area contributed by atoms with E-state index in [1.165, 1.54) is 11.4 Å². The Labute approximate surface area is 144 Å². The normalized spacial score (nSPS) is 11.7. The molecule has 0 aliphatic heterocycles. The average Bonchev–Trinajstić information content (AvgIpc) is 2.59. The fourth-order valence-corrected chi connectivity index (χ4v) is 3.62. The minimum Gasteiger partial charge on any atom is -0.392 e. The molecule has 0 aliphatic carbocycles. The van der Waals surface area contributed by atoms with E-state index in [2.05, 4.69) is 13.8 Å². The topological polar surface area (TPSA) is 57.6 Å². The van der Waals surface area contributed by atoms with Crippen LogP contribution in [0.2, 0.25) is 0 Å². The van der Waals surface area contributed by atoms with Crippen molar-refractivity contribution in [3.63, 3.8) is 0 Å². The van der Waals surface area contributed by atoms with Crippen molar-refractivity contribution in [2.75, 3.05) is 11.4 Å². The van der Waals surface area contributed by atoms with Crippen LogP contribution in [0.5, 0.6) is 0 Å². The van der Waals surface area contributed by atoms with Crippen molar-refractivity contribution in [3.8, 4) is 0 Å². The first-order valence-corrected chi connectivity index (χ1v) is 9.56. The Morgan fingerprint density at radius 3 is 2.29 bits per heavy atom. The third-order valence-corrected chi connectivity index (χ3v) is 5.85. The van der Waals surface area contributed by atoms with Gasteiger partial charge in [-0.05, 0) is 54.2 Å². The van der Waals surface area contributed by atoms with Crippen LogP contribution in [0.15, 0.2) is 53.4 Å². The van der Waals surface area contributed by atoms with Crippen LogP contribution < -0.4 is 4.31 Å². The molecule has 1 N–H and O–H groups in total. The summed E-state index contributed by atoms with van der Waals surface area (Å²) in [7, 11) is -2.09. The Balaban J connectivity index is 2.22. The molecule has 0 saturated heterocycles. The molecule has 0 radical (unpaired) electrons. The van der Waals surface area contributed by atoms with Crippen LogP contribution in [-0.4, -0.2) is 20.6 Å². The lowest BCUT2D eigenvalue weighted by Gasteiger charge is -2.20. The zero-order valence-corrected chi connectivity index (χ0v) is 15.3. The number of rotatable bonds is 7. The molecule has 0 amide bonds. The summed E-state index contributed by atoms with van der Waals surface area (Å²) in [6.45, 7) is 4.23. The van der Waals surface area contributed by atoms with Gasteiger partial charge in [0.25, 0.3) is 10.0 Å². The fourth-order valence-electron chi connectivity index (χ4n) is 2.43. The van der Waals surface area contributed by atoms with Crippen LogP contribution in [0.25, 0.3) is 0 Å². The smallest absolute Gasteiger partial charge is 0.264 e. The molecule has 0 atom stereocenters. The molecule has 0 unspecified atom stereocenters. The monoisotopic (exact) mass is 347 g/mol. The van der Waals surface area contributed by atoms with Crippen molar-refractivity contribution >= 4 is 15.7 Å². The van der Waals surface area contributed by atoms with Crippen molar-refractivity contribution in [2.24, 2.45) is 5.92 Å². The lowest BCUT2D eigenvalue weighted by atomic mass is 10.0. The number of sulfonamides is 1. The van der Waals surface area contributed by atoms with E-state index in [4.69, 9.17) is 0 Å². The maximum atomic E-state index is 12.8. The van der Waals surface area contributed by atoms with Crippen molar-refractivity contribution in [1.29, 1.82) is 0 Å². The molecule has 0 aliphatic rings. The van der Waals surface area contributed by atoms with E-state index in [0.29, 0.717) is 17.2 Å². The second kappa shape index (κ2) is 7.81. The number of nitrogens with zero attached hydrogens (tertiary/aromatic N) is 1. The van der Waals surface area contributed by atoms with Gasteiger partial charge in [0.1, 0.15) is 0 Å². The highest BCUT2D eigenvalue weighted by atomic mass is 32.2. The summed E-state index contributed by atoms with van der Waals surface area (Å²) in [4.78, 5) is 0.271. The van der Waals surface area contributed by atoms with Gasteiger partial charge >= 0.3 is 0 Å². The zero-order chi connectivity index (χ0) is 17.7. The molecule has 2 rings (SSSR count). The summed E-state index contributed by atoms with van der Waals surface area (Å²) >= 11 is 0. The molecule has 0 aromatic heterocycles. The lowest BCUT2D eigenvalue weighted by molar-refractivity contribution is 0.282. The van der Waals surface area contributed by atoms with Crippen molar-refractivity contribution < 1.29 is 13.5 Å². The molecular formula is C19H25NO3S. The highest BCUT2D eigenvalue weighted by Crippen LogP contribution is 2.23. The van der Waals surface area contributed by atoms with Crippen LogP contribution >= 0.6 is 0 Å². The van der Waals surface area contributed by atoms with Crippen LogP contribution in [0.3, 0.4) is 0 Å². The van der Waals surface area contributed by atoms with Crippen LogP contribution in [-0.2, 0) is 23.1 Å². The van der Waals surface area contributed by atoms with Gasteiger partial charge in [0.15, 0.2) is 0 Å². The van der Waals surface area contributed by atoms with Gasteiger partial charge in [0.2, 0.25) is 0 Å². The second-order valence-corrected chi connectivity index (χ2v) is 8.35. The molecular weight excluding hydrogens is 322 g/mol. The van der Waals surface area contributed by atoms with Crippen LogP contribution in [0.4, 0.5) is 5.69 Å². The van der Waals surface area contributed by atoms with E-state index in [0.717, 1.165) is 18.4 Å². The SMILES string of the molecule is CC(C)CCc1ccc(S(=O)(=O)N(C)c2cccc(CO)c2)cc1. The van der Waals surface area contributed by atoms with E-state index in [-0.39, 0.29) is 11.5 Å². The first kappa shape index (κ1) is 18.5. The third kappa shape index (κ3) is 4.36. The Morgan fingerprint density at radius 1 is 1.04 bits per heavy atom. The van der Waals surface area contributed by atoms with E-state index in [1.54, 1.807) is 36.4 Å². The van der Waals surface area contributed by atoms with E-state index in [9.17, 15) is 13.5 Å². The maximum Gasteiger partial charge on any atom is 0.264 e. The summed E-state index contributed by atoms with van der Waals surface area (Å²) in [5, 5.41) is 9.22.